The van der Waals surface area contributed by atoms with Gasteiger partial charge in [-0.25, -0.2) is 4.98 Å². The summed E-state index contributed by atoms with van der Waals surface area (Å²) >= 11 is 0. The Morgan fingerprint density at radius 2 is 2.12 bits per heavy atom. The number of ether oxygens (including phenoxy) is 1. The van der Waals surface area contributed by atoms with Crippen LogP contribution in [0, 0.1) is 5.41 Å². The molecule has 0 radical (unpaired) electrons. The minimum Gasteiger partial charge on any atom is -0.378 e. The van der Waals surface area contributed by atoms with Crippen LogP contribution in [0.4, 0.5) is 0 Å². The number of benzene rings is 1. The SMILES string of the molecule is CCOC1CC(N)(C(=O)NC(C)c2nc3ccccc3n2CC)C1(C)C. The summed E-state index contributed by atoms with van der Waals surface area (Å²) in [5.74, 6) is 0.713. The molecule has 0 bridgehead atoms. The summed E-state index contributed by atoms with van der Waals surface area (Å²) in [5, 5.41) is 3.09. The fourth-order valence-corrected chi connectivity index (χ4v) is 3.97. The highest BCUT2D eigenvalue weighted by atomic mass is 16.5. The van der Waals surface area contributed by atoms with Crippen molar-refractivity contribution in [1.29, 1.82) is 0 Å². The molecule has 3 unspecified atom stereocenters. The minimum atomic E-state index is -0.926. The number of amides is 1. The molecule has 1 aromatic heterocycles. The van der Waals surface area contributed by atoms with Gasteiger partial charge in [0, 0.05) is 25.0 Å². The van der Waals surface area contributed by atoms with E-state index in [1.54, 1.807) is 0 Å². The normalized spacial score (nSPS) is 25.7. The first kappa shape index (κ1) is 18.9. The highest BCUT2D eigenvalue weighted by molar-refractivity contribution is 5.89. The van der Waals surface area contributed by atoms with Crippen molar-refractivity contribution in [2.24, 2.45) is 11.1 Å². The fraction of sp³-hybridized carbons (Fsp3) is 0.600. The lowest BCUT2D eigenvalue weighted by molar-refractivity contribution is -0.171. The third kappa shape index (κ3) is 2.72. The van der Waals surface area contributed by atoms with E-state index in [4.69, 9.17) is 15.5 Å². The number of para-hydroxylation sites is 2. The molecule has 1 aliphatic carbocycles. The van der Waals surface area contributed by atoms with Gasteiger partial charge >= 0.3 is 0 Å². The number of hydrogen-bond acceptors (Lipinski definition) is 4. The van der Waals surface area contributed by atoms with E-state index in [1.807, 2.05) is 45.9 Å². The topological polar surface area (TPSA) is 82.2 Å². The van der Waals surface area contributed by atoms with E-state index in [0.29, 0.717) is 13.0 Å². The van der Waals surface area contributed by atoms with Crippen molar-refractivity contribution in [3.05, 3.63) is 30.1 Å². The number of hydrogen-bond donors (Lipinski definition) is 2. The molecule has 1 saturated carbocycles. The predicted molar refractivity (Wildman–Crippen MR) is 103 cm³/mol. The van der Waals surface area contributed by atoms with Crippen LogP contribution in [0.15, 0.2) is 24.3 Å². The Hall–Kier alpha value is -1.92. The average molecular weight is 358 g/mol. The lowest BCUT2D eigenvalue weighted by Gasteiger charge is -2.57. The zero-order valence-corrected chi connectivity index (χ0v) is 16.4. The van der Waals surface area contributed by atoms with Gasteiger partial charge in [-0.05, 0) is 32.9 Å². The maximum absolute atomic E-state index is 13.0. The van der Waals surface area contributed by atoms with Crippen LogP contribution in [0.3, 0.4) is 0 Å². The molecule has 6 nitrogen and oxygen atoms in total. The van der Waals surface area contributed by atoms with Crippen molar-refractivity contribution in [3.63, 3.8) is 0 Å². The van der Waals surface area contributed by atoms with Crippen molar-refractivity contribution >= 4 is 16.9 Å². The number of aromatic nitrogens is 2. The molecule has 1 amide bonds. The summed E-state index contributed by atoms with van der Waals surface area (Å²) in [4.78, 5) is 17.7. The second-order valence-electron chi connectivity index (χ2n) is 7.74. The molecule has 1 aliphatic rings. The first-order chi connectivity index (χ1) is 12.3. The summed E-state index contributed by atoms with van der Waals surface area (Å²) in [6.07, 6.45) is 0.551. The van der Waals surface area contributed by atoms with Crippen molar-refractivity contribution in [2.45, 2.75) is 65.3 Å². The van der Waals surface area contributed by atoms with Crippen molar-refractivity contribution in [3.8, 4) is 0 Å². The van der Waals surface area contributed by atoms with Crippen LogP contribution in [0.2, 0.25) is 0 Å². The standard InChI is InChI=1S/C20H30N4O2/c1-6-24-15-11-9-8-10-14(15)23-17(24)13(3)22-18(25)20(21)12-16(26-7-2)19(20,4)5/h8-11,13,16H,6-7,12,21H2,1-5H3,(H,22,25). The molecular weight excluding hydrogens is 328 g/mol. The lowest BCUT2D eigenvalue weighted by Crippen LogP contribution is -2.75. The third-order valence-corrected chi connectivity index (χ3v) is 5.97. The molecule has 142 valence electrons. The molecule has 1 aromatic carbocycles. The molecule has 0 spiro atoms. The van der Waals surface area contributed by atoms with Gasteiger partial charge in [-0.15, -0.1) is 0 Å². The Morgan fingerprint density at radius 3 is 2.73 bits per heavy atom. The number of fused-ring (bicyclic) bond motifs is 1. The fourth-order valence-electron chi connectivity index (χ4n) is 3.97. The van der Waals surface area contributed by atoms with Crippen LogP contribution in [-0.2, 0) is 16.1 Å². The molecule has 0 saturated heterocycles. The summed E-state index contributed by atoms with van der Waals surface area (Å²) in [7, 11) is 0. The summed E-state index contributed by atoms with van der Waals surface area (Å²) in [6, 6.07) is 7.80. The molecule has 3 N–H and O–H groups in total. The maximum atomic E-state index is 13.0. The first-order valence-electron chi connectivity index (χ1n) is 9.42. The van der Waals surface area contributed by atoms with Gasteiger partial charge in [-0.1, -0.05) is 26.0 Å². The van der Waals surface area contributed by atoms with Crippen LogP contribution >= 0.6 is 0 Å². The number of nitrogens with zero attached hydrogens (tertiary/aromatic N) is 2. The van der Waals surface area contributed by atoms with Crippen molar-refractivity contribution < 1.29 is 9.53 Å². The van der Waals surface area contributed by atoms with Crippen LogP contribution in [-0.4, -0.2) is 33.7 Å². The smallest absolute Gasteiger partial charge is 0.241 e. The Bertz CT molecular complexity index is 813. The molecule has 3 rings (SSSR count). The van der Waals surface area contributed by atoms with Gasteiger partial charge in [0.2, 0.25) is 5.91 Å². The number of carbonyl (C=O) groups excluding carboxylic acids is 1. The van der Waals surface area contributed by atoms with Gasteiger partial charge in [0.25, 0.3) is 0 Å². The lowest BCUT2D eigenvalue weighted by atomic mass is 9.54. The van der Waals surface area contributed by atoms with Crippen LogP contribution in [0.25, 0.3) is 11.0 Å². The van der Waals surface area contributed by atoms with Gasteiger partial charge in [-0.2, -0.15) is 0 Å². The number of nitrogens with two attached hydrogens (primary N) is 1. The number of aryl methyl sites for hydroxylation is 1. The van der Waals surface area contributed by atoms with E-state index < -0.39 is 11.0 Å². The molecule has 6 heteroatoms. The molecule has 2 aromatic rings. The molecule has 3 atom stereocenters. The largest absolute Gasteiger partial charge is 0.378 e. The zero-order valence-electron chi connectivity index (χ0n) is 16.4. The van der Waals surface area contributed by atoms with Gasteiger partial charge < -0.3 is 20.4 Å². The molecule has 26 heavy (non-hydrogen) atoms. The van der Waals surface area contributed by atoms with Crippen LogP contribution < -0.4 is 11.1 Å². The van der Waals surface area contributed by atoms with Gasteiger partial charge in [-0.3, -0.25) is 4.79 Å². The van der Waals surface area contributed by atoms with Gasteiger partial charge in [0.05, 0.1) is 23.2 Å². The Morgan fingerprint density at radius 1 is 1.42 bits per heavy atom. The second-order valence-corrected chi connectivity index (χ2v) is 7.74. The number of carbonyl (C=O) groups is 1. The van der Waals surface area contributed by atoms with Gasteiger partial charge in [0.1, 0.15) is 11.4 Å². The van der Waals surface area contributed by atoms with E-state index in [1.165, 1.54) is 0 Å². The minimum absolute atomic E-state index is 0.0128. The summed E-state index contributed by atoms with van der Waals surface area (Å²) in [6.45, 7) is 11.4. The van der Waals surface area contributed by atoms with Gasteiger partial charge in [0.15, 0.2) is 0 Å². The Kier molecular flexibility index (Phi) is 4.84. The van der Waals surface area contributed by atoms with Crippen LogP contribution in [0.1, 0.15) is 52.9 Å². The van der Waals surface area contributed by atoms with Crippen molar-refractivity contribution in [1.82, 2.24) is 14.9 Å². The van der Waals surface area contributed by atoms with Crippen molar-refractivity contribution in [2.75, 3.05) is 6.61 Å². The Balaban J connectivity index is 1.80. The van der Waals surface area contributed by atoms with Crippen LogP contribution in [0.5, 0.6) is 0 Å². The second kappa shape index (κ2) is 6.67. The predicted octanol–water partition coefficient (Wildman–Crippen LogP) is 2.77. The molecule has 1 fully saturated rings. The number of rotatable bonds is 6. The maximum Gasteiger partial charge on any atom is 0.241 e. The quantitative estimate of drug-likeness (QED) is 0.832. The van der Waals surface area contributed by atoms with E-state index in [2.05, 4.69) is 22.9 Å². The Labute approximate surface area is 155 Å². The highest BCUT2D eigenvalue weighted by Crippen LogP contribution is 2.50. The zero-order chi connectivity index (χ0) is 19.1. The number of nitrogens with one attached hydrogen (secondary N) is 1. The summed E-state index contributed by atoms with van der Waals surface area (Å²) in [5.41, 5.74) is 7.18. The molecular formula is C20H30N4O2. The van der Waals surface area contributed by atoms with E-state index in [0.717, 1.165) is 23.4 Å². The summed E-state index contributed by atoms with van der Waals surface area (Å²) < 4.78 is 7.87. The highest BCUT2D eigenvalue weighted by Gasteiger charge is 2.63. The van der Waals surface area contributed by atoms with E-state index in [9.17, 15) is 4.79 Å². The van der Waals surface area contributed by atoms with E-state index >= 15 is 0 Å². The third-order valence-electron chi connectivity index (χ3n) is 5.97. The monoisotopic (exact) mass is 358 g/mol. The van der Waals surface area contributed by atoms with E-state index in [-0.39, 0.29) is 18.1 Å². The first-order valence-corrected chi connectivity index (χ1v) is 9.42. The number of imidazole rings is 1. The molecule has 0 aliphatic heterocycles. The average Bonchev–Trinajstić information content (AvgIpc) is 3.00. The molecule has 1 heterocycles.